The third-order valence-electron chi connectivity index (χ3n) is 6.03. The molecule has 0 spiro atoms. The Kier molecular flexibility index (Phi) is 13.3. The van der Waals surface area contributed by atoms with Gasteiger partial charge in [-0.05, 0) is 30.7 Å². The minimum Gasteiger partial charge on any atom is -0.487 e. The summed E-state index contributed by atoms with van der Waals surface area (Å²) in [5, 5.41) is 9.41. The molecule has 0 aromatic heterocycles. The molecule has 0 unspecified atom stereocenters. The van der Waals surface area contributed by atoms with Crippen LogP contribution in [0.4, 0.5) is 0 Å². The molecular formula is C31H40O8. The first-order valence-corrected chi connectivity index (χ1v) is 13.7. The Morgan fingerprint density at radius 2 is 1.31 bits per heavy atom. The van der Waals surface area contributed by atoms with Crippen LogP contribution in [0.15, 0.2) is 48.5 Å². The molecule has 212 valence electrons. The van der Waals surface area contributed by atoms with E-state index >= 15 is 0 Å². The van der Waals surface area contributed by atoms with E-state index in [9.17, 15) is 9.90 Å². The van der Waals surface area contributed by atoms with Crippen LogP contribution >= 0.6 is 0 Å². The van der Waals surface area contributed by atoms with Crippen molar-refractivity contribution in [3.8, 4) is 34.8 Å². The fourth-order valence-corrected chi connectivity index (χ4v) is 3.94. The summed E-state index contributed by atoms with van der Waals surface area (Å²) in [7, 11) is 0. The Labute approximate surface area is 231 Å². The van der Waals surface area contributed by atoms with Gasteiger partial charge in [-0.3, -0.25) is 0 Å². The highest BCUT2D eigenvalue weighted by atomic mass is 16.6. The van der Waals surface area contributed by atoms with Crippen LogP contribution < -0.4 is 18.9 Å². The highest BCUT2D eigenvalue weighted by Crippen LogP contribution is 2.30. The molecule has 39 heavy (non-hydrogen) atoms. The number of carbonyl (C=O) groups is 1. The number of hydrogen-bond donors (Lipinski definition) is 1. The minimum absolute atomic E-state index is 0.0658. The predicted molar refractivity (Wildman–Crippen MR) is 148 cm³/mol. The number of rotatable bonds is 9. The zero-order valence-electron chi connectivity index (χ0n) is 22.8. The molecule has 0 fully saturated rings. The summed E-state index contributed by atoms with van der Waals surface area (Å²) in [6, 6.07) is 14.6. The fraction of sp³-hybridized carbons (Fsp3) is 0.516. The van der Waals surface area contributed by atoms with Crippen molar-refractivity contribution in [2.24, 2.45) is 0 Å². The first kappa shape index (κ1) is 30.1. The third-order valence-corrected chi connectivity index (χ3v) is 6.03. The molecule has 0 saturated heterocycles. The highest BCUT2D eigenvalue weighted by molar-refractivity contribution is 5.68. The Morgan fingerprint density at radius 3 is 1.85 bits per heavy atom. The minimum atomic E-state index is -1.35. The van der Waals surface area contributed by atoms with Gasteiger partial charge in [0.2, 0.25) is 0 Å². The van der Waals surface area contributed by atoms with Crippen LogP contribution in [-0.2, 0) is 14.3 Å². The van der Waals surface area contributed by atoms with Gasteiger partial charge in [0.05, 0.1) is 13.2 Å². The summed E-state index contributed by atoms with van der Waals surface area (Å²) in [4.78, 5) is 11.5. The number of carboxylic acids is 1. The van der Waals surface area contributed by atoms with Gasteiger partial charge in [0, 0.05) is 6.42 Å². The highest BCUT2D eigenvalue weighted by Gasteiger charge is 2.34. The third kappa shape index (κ3) is 11.1. The maximum Gasteiger partial charge on any atom is 0.329 e. The second-order valence-electron chi connectivity index (χ2n) is 9.28. The van der Waals surface area contributed by atoms with Gasteiger partial charge in [-0.1, -0.05) is 75.1 Å². The smallest absolute Gasteiger partial charge is 0.329 e. The summed E-state index contributed by atoms with van der Waals surface area (Å²) in [5.41, 5.74) is -1.35. The number of benzene rings is 2. The quantitative estimate of drug-likeness (QED) is 0.328. The van der Waals surface area contributed by atoms with E-state index in [2.05, 4.69) is 18.8 Å². The number of carboxylic acid groups (broad SMARTS) is 1. The van der Waals surface area contributed by atoms with Crippen LogP contribution in [0.3, 0.4) is 0 Å². The normalized spacial score (nSPS) is 15.5. The van der Waals surface area contributed by atoms with E-state index in [1.807, 2.05) is 24.3 Å². The van der Waals surface area contributed by atoms with Crippen LogP contribution in [-0.4, -0.2) is 62.9 Å². The molecule has 1 N–H and O–H groups in total. The molecule has 0 radical (unpaired) electrons. The molecule has 1 aliphatic heterocycles. The first-order chi connectivity index (χ1) is 19.1. The van der Waals surface area contributed by atoms with Gasteiger partial charge in [-0.2, -0.15) is 0 Å². The van der Waals surface area contributed by atoms with Crippen molar-refractivity contribution in [1.29, 1.82) is 0 Å². The number of unbranched alkanes of at least 4 members (excludes halogenated alkanes) is 6. The molecule has 3 rings (SSSR count). The molecular weight excluding hydrogens is 500 g/mol. The topological polar surface area (TPSA) is 92.7 Å². The van der Waals surface area contributed by atoms with E-state index in [4.69, 9.17) is 28.4 Å². The average molecular weight is 541 g/mol. The number of aliphatic carboxylic acids is 1. The lowest BCUT2D eigenvalue weighted by Crippen LogP contribution is -2.45. The maximum absolute atomic E-state index is 11.5. The van der Waals surface area contributed by atoms with Gasteiger partial charge in [-0.15, -0.1) is 0 Å². The lowest BCUT2D eigenvalue weighted by molar-refractivity contribution is -0.149. The van der Waals surface area contributed by atoms with Crippen LogP contribution in [0.25, 0.3) is 0 Å². The lowest BCUT2D eigenvalue weighted by atomic mass is 10.1. The SMILES string of the molecule is CCCCCCCCC#CC1(OCC(=O)O)COc2ccccc2OCCOCCOc2ccccc2OC1. The van der Waals surface area contributed by atoms with Gasteiger partial charge in [0.15, 0.2) is 28.6 Å². The summed E-state index contributed by atoms with van der Waals surface area (Å²) in [6.45, 7) is 2.94. The Bertz CT molecular complexity index is 1000. The number of fused-ring (bicyclic) bond motifs is 2. The number of hydrogen-bond acceptors (Lipinski definition) is 7. The molecule has 0 saturated carbocycles. The molecule has 0 atom stereocenters. The molecule has 0 bridgehead atoms. The molecule has 8 heteroatoms. The van der Waals surface area contributed by atoms with E-state index in [1.54, 1.807) is 24.3 Å². The molecule has 0 aliphatic carbocycles. The average Bonchev–Trinajstić information content (AvgIpc) is 2.95. The van der Waals surface area contributed by atoms with Crippen molar-refractivity contribution in [1.82, 2.24) is 0 Å². The van der Waals surface area contributed by atoms with Crippen molar-refractivity contribution in [3.05, 3.63) is 48.5 Å². The number of para-hydroxylation sites is 4. The fourth-order valence-electron chi connectivity index (χ4n) is 3.94. The van der Waals surface area contributed by atoms with Crippen molar-refractivity contribution in [2.45, 2.75) is 57.5 Å². The van der Waals surface area contributed by atoms with E-state index in [0.29, 0.717) is 55.8 Å². The number of ether oxygens (including phenoxy) is 6. The van der Waals surface area contributed by atoms with Crippen LogP contribution in [0.2, 0.25) is 0 Å². The monoisotopic (exact) mass is 540 g/mol. The van der Waals surface area contributed by atoms with Gasteiger partial charge in [0.1, 0.15) is 33.0 Å². The van der Waals surface area contributed by atoms with Crippen LogP contribution in [0, 0.1) is 11.8 Å². The van der Waals surface area contributed by atoms with Gasteiger partial charge >= 0.3 is 5.97 Å². The van der Waals surface area contributed by atoms with Crippen molar-refractivity contribution < 1.29 is 38.3 Å². The molecule has 8 nitrogen and oxygen atoms in total. The Hall–Kier alpha value is -3.41. The first-order valence-electron chi connectivity index (χ1n) is 13.7. The second-order valence-corrected chi connectivity index (χ2v) is 9.28. The van der Waals surface area contributed by atoms with Crippen molar-refractivity contribution in [2.75, 3.05) is 46.2 Å². The Balaban J connectivity index is 1.85. The van der Waals surface area contributed by atoms with E-state index in [1.165, 1.54) is 25.7 Å². The zero-order valence-corrected chi connectivity index (χ0v) is 22.8. The van der Waals surface area contributed by atoms with Gasteiger partial charge < -0.3 is 33.5 Å². The summed E-state index contributed by atoms with van der Waals surface area (Å²) >= 11 is 0. The second kappa shape index (κ2) is 17.2. The summed E-state index contributed by atoms with van der Waals surface area (Å²) in [5.74, 6) is 7.35. The Morgan fingerprint density at radius 1 is 0.795 bits per heavy atom. The van der Waals surface area contributed by atoms with Crippen molar-refractivity contribution >= 4 is 5.97 Å². The molecule has 2 aromatic carbocycles. The molecule has 0 amide bonds. The summed E-state index contributed by atoms with van der Waals surface area (Å²) < 4.78 is 35.6. The van der Waals surface area contributed by atoms with Gasteiger partial charge in [-0.25, -0.2) is 4.79 Å². The standard InChI is InChI=1S/C31H40O8/c1-2-3-4-5-6-7-8-13-18-31(39-23-30(32)33)24-37-28-16-11-9-14-26(28)35-21-19-34-20-22-36-27-15-10-12-17-29(27)38-25-31/h9-12,14-17H,2-8,19-25H2,1H3,(H,32,33). The summed E-state index contributed by atoms with van der Waals surface area (Å²) in [6.07, 6.45) is 7.60. The van der Waals surface area contributed by atoms with E-state index in [0.717, 1.165) is 12.8 Å². The predicted octanol–water partition coefficient (Wildman–Crippen LogP) is 5.53. The van der Waals surface area contributed by atoms with E-state index < -0.39 is 18.2 Å². The van der Waals surface area contributed by atoms with Crippen LogP contribution in [0.5, 0.6) is 23.0 Å². The van der Waals surface area contributed by atoms with E-state index in [-0.39, 0.29) is 13.2 Å². The van der Waals surface area contributed by atoms with Crippen LogP contribution in [0.1, 0.15) is 51.9 Å². The lowest BCUT2D eigenvalue weighted by Gasteiger charge is -2.29. The molecule has 1 heterocycles. The zero-order chi connectivity index (χ0) is 27.6. The largest absolute Gasteiger partial charge is 0.487 e. The van der Waals surface area contributed by atoms with Crippen molar-refractivity contribution in [3.63, 3.8) is 0 Å². The maximum atomic E-state index is 11.5. The van der Waals surface area contributed by atoms with Gasteiger partial charge in [0.25, 0.3) is 0 Å². The molecule has 2 aromatic rings. The molecule has 1 aliphatic rings.